The summed E-state index contributed by atoms with van der Waals surface area (Å²) in [6.45, 7) is 0. The first-order valence-electron chi connectivity index (χ1n) is 5.95. The number of nitrogens with two attached hydrogens (primary N) is 1. The summed E-state index contributed by atoms with van der Waals surface area (Å²) in [6, 6.07) is 14.1. The summed E-state index contributed by atoms with van der Waals surface area (Å²) in [6.07, 6.45) is 0.913. The maximum atomic E-state index is 6.18. The lowest BCUT2D eigenvalue weighted by molar-refractivity contribution is 0.662. The average molecular weight is 278 g/mol. The monoisotopic (exact) mass is 277 g/mol. The quantitative estimate of drug-likeness (QED) is 0.814. The van der Waals surface area contributed by atoms with E-state index in [0.29, 0.717) is 16.0 Å². The summed E-state index contributed by atoms with van der Waals surface area (Å²) >= 11 is 12.2. The molecule has 0 aliphatic heterocycles. The van der Waals surface area contributed by atoms with Crippen molar-refractivity contribution in [2.24, 2.45) is 5.73 Å². The van der Waals surface area contributed by atoms with E-state index in [0.717, 1.165) is 12.0 Å². The molecule has 2 aromatic rings. The molecule has 2 atom stereocenters. The third-order valence-electron chi connectivity index (χ3n) is 3.55. The Hall–Kier alpha value is -1.02. The minimum absolute atomic E-state index is 0.101. The van der Waals surface area contributed by atoms with E-state index in [1.165, 1.54) is 11.1 Å². The highest BCUT2D eigenvalue weighted by Crippen LogP contribution is 2.43. The molecular formula is C15H13Cl2N. The number of hydrogen-bond acceptors (Lipinski definition) is 1. The van der Waals surface area contributed by atoms with E-state index in [4.69, 9.17) is 28.9 Å². The summed E-state index contributed by atoms with van der Waals surface area (Å²) in [7, 11) is 0. The van der Waals surface area contributed by atoms with E-state index < -0.39 is 0 Å². The average Bonchev–Trinajstić information content (AvgIpc) is 2.66. The van der Waals surface area contributed by atoms with Gasteiger partial charge in [0.2, 0.25) is 0 Å². The Labute approximate surface area is 117 Å². The van der Waals surface area contributed by atoms with E-state index in [1.54, 1.807) is 6.07 Å². The first-order valence-corrected chi connectivity index (χ1v) is 6.71. The van der Waals surface area contributed by atoms with Crippen molar-refractivity contribution in [3.63, 3.8) is 0 Å². The second-order valence-corrected chi connectivity index (χ2v) is 5.60. The molecule has 2 unspecified atom stereocenters. The molecule has 0 saturated heterocycles. The Kier molecular flexibility index (Phi) is 3.06. The molecule has 0 radical (unpaired) electrons. The Balaban J connectivity index is 2.09. The Morgan fingerprint density at radius 1 is 0.944 bits per heavy atom. The molecule has 1 aliphatic carbocycles. The number of hydrogen-bond donors (Lipinski definition) is 1. The fraction of sp³-hybridized carbons (Fsp3) is 0.200. The van der Waals surface area contributed by atoms with E-state index in [-0.39, 0.29) is 6.04 Å². The lowest BCUT2D eigenvalue weighted by Crippen LogP contribution is -2.05. The van der Waals surface area contributed by atoms with Gasteiger partial charge in [-0.25, -0.2) is 0 Å². The lowest BCUT2D eigenvalue weighted by Gasteiger charge is -2.13. The van der Waals surface area contributed by atoms with Crippen LogP contribution in [0.1, 0.15) is 35.1 Å². The van der Waals surface area contributed by atoms with Gasteiger partial charge in [0, 0.05) is 22.0 Å². The second-order valence-electron chi connectivity index (χ2n) is 4.73. The Bertz CT molecular complexity index is 575. The largest absolute Gasteiger partial charge is 0.324 e. The van der Waals surface area contributed by atoms with Gasteiger partial charge in [0.05, 0.1) is 0 Å². The summed E-state index contributed by atoms with van der Waals surface area (Å²) in [5, 5.41) is 1.35. The van der Waals surface area contributed by atoms with Crippen LogP contribution in [0.15, 0.2) is 42.5 Å². The van der Waals surface area contributed by atoms with Gasteiger partial charge in [0.25, 0.3) is 0 Å². The summed E-state index contributed by atoms with van der Waals surface area (Å²) in [4.78, 5) is 0. The molecule has 3 rings (SSSR count). The zero-order chi connectivity index (χ0) is 12.7. The fourth-order valence-electron chi connectivity index (χ4n) is 2.77. The summed E-state index contributed by atoms with van der Waals surface area (Å²) in [5.74, 6) is 0.299. The van der Waals surface area contributed by atoms with Gasteiger partial charge in [-0.1, -0.05) is 47.5 Å². The van der Waals surface area contributed by atoms with E-state index in [1.807, 2.05) is 18.2 Å². The molecule has 3 heteroatoms. The third-order valence-corrected chi connectivity index (χ3v) is 3.98. The SMILES string of the molecule is NC1CC(c2cc(Cl)cc(Cl)c2)c2ccccc21. The van der Waals surface area contributed by atoms with Gasteiger partial charge in [-0.15, -0.1) is 0 Å². The Morgan fingerprint density at radius 2 is 1.56 bits per heavy atom. The summed E-state index contributed by atoms with van der Waals surface area (Å²) in [5.41, 5.74) is 9.86. The van der Waals surface area contributed by atoms with Crippen LogP contribution in [0, 0.1) is 0 Å². The molecule has 0 aromatic heterocycles. The minimum atomic E-state index is 0.101. The fourth-order valence-corrected chi connectivity index (χ4v) is 3.31. The maximum Gasteiger partial charge on any atom is 0.0423 e. The van der Waals surface area contributed by atoms with Crippen molar-refractivity contribution in [1.82, 2.24) is 0 Å². The van der Waals surface area contributed by atoms with Crippen LogP contribution < -0.4 is 5.73 Å². The molecule has 0 saturated carbocycles. The highest BCUT2D eigenvalue weighted by atomic mass is 35.5. The predicted octanol–water partition coefficient (Wildman–Crippen LogP) is 4.53. The zero-order valence-electron chi connectivity index (χ0n) is 9.74. The molecule has 0 fully saturated rings. The van der Waals surface area contributed by atoms with Crippen molar-refractivity contribution in [1.29, 1.82) is 0 Å². The van der Waals surface area contributed by atoms with Crippen molar-refractivity contribution in [2.45, 2.75) is 18.4 Å². The van der Waals surface area contributed by atoms with Gasteiger partial charge in [-0.2, -0.15) is 0 Å². The highest BCUT2D eigenvalue weighted by Gasteiger charge is 2.29. The van der Waals surface area contributed by atoms with Crippen LogP contribution in [-0.2, 0) is 0 Å². The third kappa shape index (κ3) is 2.03. The smallest absolute Gasteiger partial charge is 0.0423 e. The second kappa shape index (κ2) is 4.58. The molecule has 2 aromatic carbocycles. The highest BCUT2D eigenvalue weighted by molar-refractivity contribution is 6.34. The zero-order valence-corrected chi connectivity index (χ0v) is 11.2. The van der Waals surface area contributed by atoms with Crippen LogP contribution in [0.3, 0.4) is 0 Å². The van der Waals surface area contributed by atoms with Gasteiger partial charge >= 0.3 is 0 Å². The van der Waals surface area contributed by atoms with Gasteiger partial charge in [-0.05, 0) is 41.3 Å². The molecule has 0 amide bonds. The van der Waals surface area contributed by atoms with E-state index >= 15 is 0 Å². The van der Waals surface area contributed by atoms with Crippen LogP contribution in [0.5, 0.6) is 0 Å². The minimum Gasteiger partial charge on any atom is -0.324 e. The molecule has 18 heavy (non-hydrogen) atoms. The summed E-state index contributed by atoms with van der Waals surface area (Å²) < 4.78 is 0. The lowest BCUT2D eigenvalue weighted by atomic mass is 9.93. The van der Waals surface area contributed by atoms with Gasteiger partial charge < -0.3 is 5.73 Å². The first-order chi connectivity index (χ1) is 8.65. The molecule has 1 nitrogen and oxygen atoms in total. The first kappa shape index (κ1) is 12.0. The topological polar surface area (TPSA) is 26.0 Å². The van der Waals surface area contributed by atoms with Crippen molar-refractivity contribution >= 4 is 23.2 Å². The molecule has 1 aliphatic rings. The van der Waals surface area contributed by atoms with E-state index in [9.17, 15) is 0 Å². The standard InChI is InChI=1S/C15H13Cl2N/c16-10-5-9(6-11(17)7-10)14-8-15(18)13-4-2-1-3-12(13)14/h1-7,14-15H,8,18H2. The molecule has 92 valence electrons. The maximum absolute atomic E-state index is 6.18. The van der Waals surface area contributed by atoms with Crippen molar-refractivity contribution in [2.75, 3.05) is 0 Å². The molecular weight excluding hydrogens is 265 g/mol. The number of halogens is 2. The number of fused-ring (bicyclic) bond motifs is 1. The van der Waals surface area contributed by atoms with Gasteiger partial charge in [-0.3, -0.25) is 0 Å². The normalized spacial score (nSPS) is 21.9. The van der Waals surface area contributed by atoms with Gasteiger partial charge in [0.15, 0.2) is 0 Å². The molecule has 0 spiro atoms. The van der Waals surface area contributed by atoms with Gasteiger partial charge in [0.1, 0.15) is 0 Å². The predicted molar refractivity (Wildman–Crippen MR) is 76.3 cm³/mol. The molecule has 0 bridgehead atoms. The molecule has 0 heterocycles. The van der Waals surface area contributed by atoms with Crippen LogP contribution in [0.25, 0.3) is 0 Å². The number of benzene rings is 2. The van der Waals surface area contributed by atoms with Crippen LogP contribution >= 0.6 is 23.2 Å². The van der Waals surface area contributed by atoms with Crippen molar-refractivity contribution < 1.29 is 0 Å². The van der Waals surface area contributed by atoms with Crippen molar-refractivity contribution in [3.8, 4) is 0 Å². The van der Waals surface area contributed by atoms with Crippen molar-refractivity contribution in [3.05, 3.63) is 69.2 Å². The van der Waals surface area contributed by atoms with Crippen LogP contribution in [-0.4, -0.2) is 0 Å². The van der Waals surface area contributed by atoms with Crippen LogP contribution in [0.4, 0.5) is 0 Å². The Morgan fingerprint density at radius 3 is 2.22 bits per heavy atom. The van der Waals surface area contributed by atoms with E-state index in [2.05, 4.69) is 18.2 Å². The number of rotatable bonds is 1. The van der Waals surface area contributed by atoms with Crippen LogP contribution in [0.2, 0.25) is 10.0 Å². The molecule has 2 N–H and O–H groups in total.